The van der Waals surface area contributed by atoms with Crippen molar-refractivity contribution in [1.82, 2.24) is 0 Å². The van der Waals surface area contributed by atoms with E-state index in [-0.39, 0.29) is 12.3 Å². The Hall–Kier alpha value is -1.59. The fourth-order valence-electron chi connectivity index (χ4n) is 2.31. The number of hydrogen-bond donors (Lipinski definition) is 0. The van der Waals surface area contributed by atoms with Gasteiger partial charge in [0.25, 0.3) is 0 Å². The first-order valence-electron chi connectivity index (χ1n) is 7.75. The number of carbonyl (C=O) groups is 1. The van der Waals surface area contributed by atoms with E-state index < -0.39 is 0 Å². The highest BCUT2D eigenvalue weighted by atomic mass is 16.7. The van der Waals surface area contributed by atoms with Crippen molar-refractivity contribution in [2.24, 2.45) is 0 Å². The van der Waals surface area contributed by atoms with Crippen LogP contribution in [0.4, 0.5) is 0 Å². The number of rotatable bonds is 7. The lowest BCUT2D eigenvalue weighted by Gasteiger charge is -2.22. The van der Waals surface area contributed by atoms with E-state index in [2.05, 4.69) is 0 Å². The van der Waals surface area contributed by atoms with Gasteiger partial charge >= 0.3 is 5.97 Å². The minimum atomic E-state index is -0.341. The van der Waals surface area contributed by atoms with Crippen molar-refractivity contribution in [2.75, 3.05) is 26.9 Å². The lowest BCUT2D eigenvalue weighted by Crippen LogP contribution is -2.23. The molecule has 2 rings (SSSR count). The van der Waals surface area contributed by atoms with Crippen LogP contribution in [0.15, 0.2) is 18.2 Å². The van der Waals surface area contributed by atoms with Crippen LogP contribution >= 0.6 is 0 Å². The maximum Gasteiger partial charge on any atom is 0.338 e. The molecular weight excluding hydrogens is 284 g/mol. The zero-order valence-electron chi connectivity index (χ0n) is 13.3. The molecule has 22 heavy (non-hydrogen) atoms. The van der Waals surface area contributed by atoms with E-state index in [4.69, 9.17) is 18.9 Å². The summed E-state index contributed by atoms with van der Waals surface area (Å²) in [5, 5.41) is 0. The Morgan fingerprint density at radius 2 is 2.18 bits per heavy atom. The first-order valence-corrected chi connectivity index (χ1v) is 7.75. The highest BCUT2D eigenvalue weighted by Gasteiger charge is 2.14. The molecular formula is C17H24O5. The molecule has 0 saturated carbocycles. The van der Waals surface area contributed by atoms with Crippen molar-refractivity contribution in [2.45, 2.75) is 38.9 Å². The number of methoxy groups -OCH3 is 1. The minimum absolute atomic E-state index is 0.0918. The smallest absolute Gasteiger partial charge is 0.338 e. The van der Waals surface area contributed by atoms with Gasteiger partial charge in [0.2, 0.25) is 0 Å². The third kappa shape index (κ3) is 5.00. The second-order valence-electron chi connectivity index (χ2n) is 5.34. The molecule has 1 aliphatic heterocycles. The maximum absolute atomic E-state index is 11.9. The fraction of sp³-hybridized carbons (Fsp3) is 0.588. The van der Waals surface area contributed by atoms with Crippen LogP contribution in [0.5, 0.6) is 5.75 Å². The van der Waals surface area contributed by atoms with Crippen LogP contribution in [0.3, 0.4) is 0 Å². The predicted molar refractivity (Wildman–Crippen MR) is 82.2 cm³/mol. The molecule has 0 unspecified atom stereocenters. The number of carbonyl (C=O) groups excluding carboxylic acids is 1. The van der Waals surface area contributed by atoms with Crippen LogP contribution < -0.4 is 4.74 Å². The van der Waals surface area contributed by atoms with Gasteiger partial charge in [-0.05, 0) is 43.9 Å². The Morgan fingerprint density at radius 3 is 2.91 bits per heavy atom. The lowest BCUT2D eigenvalue weighted by atomic mass is 10.1. The topological polar surface area (TPSA) is 54.0 Å². The summed E-state index contributed by atoms with van der Waals surface area (Å²) in [6.07, 6.45) is 3.77. The second-order valence-corrected chi connectivity index (χ2v) is 5.34. The van der Waals surface area contributed by atoms with Crippen LogP contribution in [0, 0.1) is 6.92 Å². The molecule has 1 aromatic rings. The summed E-state index contributed by atoms with van der Waals surface area (Å²) in [5.41, 5.74) is 1.49. The molecule has 1 aliphatic rings. The molecule has 0 spiro atoms. The molecule has 0 N–H and O–H groups in total. The SMILES string of the molecule is COc1cc(C(=O)OCCCO[C@H]2CCCCO2)ccc1C. The Morgan fingerprint density at radius 1 is 1.32 bits per heavy atom. The van der Waals surface area contributed by atoms with Crippen molar-refractivity contribution in [3.05, 3.63) is 29.3 Å². The quantitative estimate of drug-likeness (QED) is 0.572. The number of hydrogen-bond acceptors (Lipinski definition) is 5. The molecule has 0 radical (unpaired) electrons. The molecule has 0 amide bonds. The van der Waals surface area contributed by atoms with E-state index in [0.29, 0.717) is 30.9 Å². The summed E-state index contributed by atoms with van der Waals surface area (Å²) in [4.78, 5) is 11.9. The molecule has 0 aliphatic carbocycles. The number of ether oxygens (including phenoxy) is 4. The third-order valence-corrected chi connectivity index (χ3v) is 3.61. The Kier molecular flexibility index (Phi) is 6.68. The summed E-state index contributed by atoms with van der Waals surface area (Å²) >= 11 is 0. The summed E-state index contributed by atoms with van der Waals surface area (Å²) in [7, 11) is 1.59. The monoisotopic (exact) mass is 308 g/mol. The Balaban J connectivity index is 1.67. The normalized spacial score (nSPS) is 18.0. The van der Waals surface area contributed by atoms with Gasteiger partial charge in [0.05, 0.1) is 25.9 Å². The second kappa shape index (κ2) is 8.76. The Labute approximate surface area is 131 Å². The van der Waals surface area contributed by atoms with Gasteiger partial charge in [-0.3, -0.25) is 0 Å². The molecule has 1 aromatic carbocycles. The fourth-order valence-corrected chi connectivity index (χ4v) is 2.31. The van der Waals surface area contributed by atoms with E-state index in [1.807, 2.05) is 13.0 Å². The molecule has 1 saturated heterocycles. The summed E-state index contributed by atoms with van der Waals surface area (Å²) in [6.45, 7) is 3.57. The van der Waals surface area contributed by atoms with Gasteiger partial charge in [-0.1, -0.05) is 6.07 Å². The highest BCUT2D eigenvalue weighted by molar-refractivity contribution is 5.90. The largest absolute Gasteiger partial charge is 0.496 e. The van der Waals surface area contributed by atoms with Crippen LogP contribution in [-0.4, -0.2) is 39.2 Å². The van der Waals surface area contributed by atoms with E-state index in [0.717, 1.165) is 31.4 Å². The van der Waals surface area contributed by atoms with Crippen molar-refractivity contribution in [3.63, 3.8) is 0 Å². The minimum Gasteiger partial charge on any atom is -0.496 e. The van der Waals surface area contributed by atoms with Crippen LogP contribution in [-0.2, 0) is 14.2 Å². The first-order chi connectivity index (χ1) is 10.7. The molecule has 5 nitrogen and oxygen atoms in total. The van der Waals surface area contributed by atoms with Crippen molar-refractivity contribution < 1.29 is 23.7 Å². The molecule has 5 heteroatoms. The average molecular weight is 308 g/mol. The molecule has 1 fully saturated rings. The maximum atomic E-state index is 11.9. The third-order valence-electron chi connectivity index (χ3n) is 3.61. The van der Waals surface area contributed by atoms with Gasteiger partial charge in [-0.15, -0.1) is 0 Å². The van der Waals surface area contributed by atoms with Crippen molar-refractivity contribution in [3.8, 4) is 5.75 Å². The van der Waals surface area contributed by atoms with E-state index in [1.165, 1.54) is 0 Å². The van der Waals surface area contributed by atoms with Crippen molar-refractivity contribution in [1.29, 1.82) is 0 Å². The van der Waals surface area contributed by atoms with Crippen molar-refractivity contribution >= 4 is 5.97 Å². The van der Waals surface area contributed by atoms with Gasteiger partial charge in [-0.25, -0.2) is 4.79 Å². The lowest BCUT2D eigenvalue weighted by molar-refractivity contribution is -0.163. The van der Waals surface area contributed by atoms with Crippen LogP contribution in [0.2, 0.25) is 0 Å². The standard InChI is InChI=1S/C17H24O5/c1-13-7-8-14(12-15(13)19-2)17(18)22-11-5-10-21-16-6-3-4-9-20-16/h7-8,12,16H,3-6,9-11H2,1-2H3/t16-/m0/s1. The zero-order chi connectivity index (χ0) is 15.8. The predicted octanol–water partition coefficient (Wildman–Crippen LogP) is 3.09. The summed E-state index contributed by atoms with van der Waals surface area (Å²) in [5.74, 6) is 0.347. The molecule has 1 heterocycles. The number of benzene rings is 1. The van der Waals surface area contributed by atoms with Gasteiger partial charge in [0.15, 0.2) is 6.29 Å². The first kappa shape index (κ1) is 16.8. The Bertz CT molecular complexity index is 480. The van der Waals surface area contributed by atoms with Crippen LogP contribution in [0.25, 0.3) is 0 Å². The molecule has 1 atom stereocenters. The zero-order valence-corrected chi connectivity index (χ0v) is 13.3. The molecule has 122 valence electrons. The number of esters is 1. The highest BCUT2D eigenvalue weighted by Crippen LogP contribution is 2.19. The average Bonchev–Trinajstić information content (AvgIpc) is 2.55. The van der Waals surface area contributed by atoms with Gasteiger partial charge in [0, 0.05) is 13.0 Å². The van der Waals surface area contributed by atoms with Gasteiger partial charge in [-0.2, -0.15) is 0 Å². The van der Waals surface area contributed by atoms with Gasteiger partial charge in [0.1, 0.15) is 5.75 Å². The van der Waals surface area contributed by atoms with Gasteiger partial charge < -0.3 is 18.9 Å². The van der Waals surface area contributed by atoms with E-state index >= 15 is 0 Å². The summed E-state index contributed by atoms with van der Waals surface area (Å²) < 4.78 is 21.5. The molecule has 0 bridgehead atoms. The van der Waals surface area contributed by atoms with E-state index in [1.54, 1.807) is 19.2 Å². The molecule has 0 aromatic heterocycles. The number of aryl methyl sites for hydroxylation is 1. The van der Waals surface area contributed by atoms with E-state index in [9.17, 15) is 4.79 Å². The van der Waals surface area contributed by atoms with Crippen LogP contribution in [0.1, 0.15) is 41.6 Å². The summed E-state index contributed by atoms with van der Waals surface area (Å²) in [6, 6.07) is 5.29.